The van der Waals surface area contributed by atoms with Gasteiger partial charge >= 0.3 is 0 Å². The van der Waals surface area contributed by atoms with E-state index in [2.05, 4.69) is 4.99 Å². The minimum absolute atomic E-state index is 0.195. The summed E-state index contributed by atoms with van der Waals surface area (Å²) in [6.45, 7) is 1.89. The van der Waals surface area contributed by atoms with Gasteiger partial charge in [0.1, 0.15) is 0 Å². The minimum atomic E-state index is -3.12. The lowest BCUT2D eigenvalue weighted by molar-refractivity contribution is 0.613. The maximum atomic E-state index is 11.0. The highest BCUT2D eigenvalue weighted by Gasteiger charge is 2.11. The Morgan fingerprint density at radius 2 is 2.17 bits per heavy atom. The van der Waals surface area contributed by atoms with Gasteiger partial charge < -0.3 is 0 Å². The molecule has 0 aliphatic carbocycles. The Labute approximate surface area is 77.9 Å². The van der Waals surface area contributed by atoms with E-state index in [0.29, 0.717) is 5.75 Å². The van der Waals surface area contributed by atoms with Gasteiger partial charge in [0.15, 0.2) is 14.2 Å². The Morgan fingerprint density at radius 1 is 1.58 bits per heavy atom. The molecule has 0 radical (unpaired) electrons. The van der Waals surface area contributed by atoms with E-state index in [0.717, 1.165) is 6.26 Å². The fourth-order valence-electron chi connectivity index (χ4n) is 0.553. The molecule has 0 aliphatic rings. The third-order valence-electron chi connectivity index (χ3n) is 1.04. The second kappa shape index (κ2) is 5.37. The summed E-state index contributed by atoms with van der Waals surface area (Å²) < 4.78 is 22.2. The van der Waals surface area contributed by atoms with Crippen LogP contribution >= 0.6 is 11.8 Å². The third-order valence-corrected chi connectivity index (χ3v) is 3.91. The molecule has 0 aromatic carbocycles. The molecule has 0 aromatic heterocycles. The lowest BCUT2D eigenvalue weighted by Crippen LogP contribution is -2.08. The van der Waals surface area contributed by atoms with Crippen LogP contribution in [0, 0.1) is 0 Å². The fourth-order valence-corrected chi connectivity index (χ4v) is 2.51. The van der Waals surface area contributed by atoms with Crippen molar-refractivity contribution >= 4 is 26.0 Å². The van der Waals surface area contributed by atoms with Crippen molar-refractivity contribution < 1.29 is 8.42 Å². The van der Waals surface area contributed by atoms with Crippen molar-refractivity contribution in [3.05, 3.63) is 12.2 Å². The van der Waals surface area contributed by atoms with Crippen molar-refractivity contribution in [1.82, 2.24) is 0 Å². The van der Waals surface area contributed by atoms with E-state index in [9.17, 15) is 8.42 Å². The Kier molecular flexibility index (Phi) is 5.24. The van der Waals surface area contributed by atoms with E-state index in [4.69, 9.17) is 0 Å². The number of nitrogens with zero attached hydrogens (tertiary/aromatic N) is 1. The summed E-state index contributed by atoms with van der Waals surface area (Å²) in [4.78, 5) is 3.69. The highest BCUT2D eigenvalue weighted by atomic mass is 32.3. The molecule has 0 aliphatic heterocycles. The topological polar surface area (TPSA) is 46.5 Å². The molecular weight excluding hydrogens is 194 g/mol. The van der Waals surface area contributed by atoms with Crippen LogP contribution in [0.5, 0.6) is 0 Å². The molecule has 0 saturated heterocycles. The monoisotopic (exact) mass is 207 g/mol. The van der Waals surface area contributed by atoms with Crippen LogP contribution in [0.15, 0.2) is 17.1 Å². The van der Waals surface area contributed by atoms with E-state index in [-0.39, 0.29) is 4.38 Å². The quantitative estimate of drug-likeness (QED) is 0.390. The van der Waals surface area contributed by atoms with Crippen molar-refractivity contribution in [2.75, 3.05) is 19.1 Å². The molecule has 0 unspecified atom stereocenters. The van der Waals surface area contributed by atoms with Crippen molar-refractivity contribution in [2.45, 2.75) is 6.92 Å². The van der Waals surface area contributed by atoms with Gasteiger partial charge in [0.05, 0.1) is 0 Å². The first-order chi connectivity index (χ1) is 5.52. The molecule has 70 valence electrons. The van der Waals surface area contributed by atoms with Gasteiger partial charge in [-0.25, -0.2) is 8.42 Å². The summed E-state index contributed by atoms with van der Waals surface area (Å²) in [5.74, 6) is 0.649. The van der Waals surface area contributed by atoms with E-state index in [1.54, 1.807) is 0 Å². The largest absolute Gasteiger partial charge is 0.271 e. The van der Waals surface area contributed by atoms with Crippen LogP contribution in [-0.2, 0) is 9.84 Å². The number of hydrogen-bond donors (Lipinski definition) is 0. The second-order valence-electron chi connectivity index (χ2n) is 2.14. The zero-order valence-electron chi connectivity index (χ0n) is 7.44. The molecule has 0 heterocycles. The molecule has 3 nitrogen and oxygen atoms in total. The smallest absolute Gasteiger partial charge is 0.198 e. The molecule has 5 heteroatoms. The molecule has 0 N–H and O–H groups in total. The highest BCUT2D eigenvalue weighted by Crippen LogP contribution is 2.09. The summed E-state index contributed by atoms with van der Waals surface area (Å²) >= 11 is 1.23. The first-order valence-electron chi connectivity index (χ1n) is 3.43. The summed E-state index contributed by atoms with van der Waals surface area (Å²) in [5, 5.41) is 0. The van der Waals surface area contributed by atoms with Gasteiger partial charge in [-0.05, 0) is 6.92 Å². The van der Waals surface area contributed by atoms with Crippen molar-refractivity contribution in [3.8, 4) is 0 Å². The number of sulfone groups is 1. The number of hydrogen-bond acceptors (Lipinski definition) is 4. The Balaban J connectivity index is 4.24. The number of allylic oxidation sites excluding steroid dienone is 1. The maximum absolute atomic E-state index is 11.0. The first-order valence-corrected chi connectivity index (χ1v) is 6.31. The van der Waals surface area contributed by atoms with Crippen LogP contribution in [0.4, 0.5) is 0 Å². The molecule has 0 amide bonds. The van der Waals surface area contributed by atoms with Gasteiger partial charge in [0.25, 0.3) is 0 Å². The fraction of sp³-hybridized carbons (Fsp3) is 0.571. The standard InChI is InChI=1S/C7H13NO2S2/c1-4-5-6-11-7(8-2)12(3,9)10/h4-5H,6H2,1-3H3/b5-4-,8-7?. The number of aliphatic imine (C=N–C) groups is 1. The van der Waals surface area contributed by atoms with Crippen LogP contribution in [0.3, 0.4) is 0 Å². The third kappa shape index (κ3) is 4.56. The van der Waals surface area contributed by atoms with Gasteiger partial charge in [0.2, 0.25) is 0 Å². The molecule has 0 saturated carbocycles. The average molecular weight is 207 g/mol. The maximum Gasteiger partial charge on any atom is 0.198 e. The lowest BCUT2D eigenvalue weighted by Gasteiger charge is -1.98. The van der Waals surface area contributed by atoms with E-state index < -0.39 is 9.84 Å². The summed E-state index contributed by atoms with van der Waals surface area (Å²) in [6.07, 6.45) is 4.93. The highest BCUT2D eigenvalue weighted by molar-refractivity contribution is 8.35. The zero-order valence-corrected chi connectivity index (χ0v) is 9.08. The van der Waals surface area contributed by atoms with Gasteiger partial charge in [-0.3, -0.25) is 4.99 Å². The first kappa shape index (κ1) is 11.7. The van der Waals surface area contributed by atoms with E-state index in [1.807, 2.05) is 19.1 Å². The zero-order chi connectivity index (χ0) is 9.61. The van der Waals surface area contributed by atoms with Gasteiger partial charge in [-0.15, -0.1) is 0 Å². The normalized spacial score (nSPS) is 14.1. The predicted molar refractivity (Wildman–Crippen MR) is 55.5 cm³/mol. The Bertz CT molecular complexity index is 278. The number of thioether (sulfide) groups is 1. The molecule has 0 rings (SSSR count). The van der Waals surface area contributed by atoms with E-state index >= 15 is 0 Å². The molecule has 12 heavy (non-hydrogen) atoms. The Morgan fingerprint density at radius 3 is 2.50 bits per heavy atom. The lowest BCUT2D eigenvalue weighted by atomic mass is 10.6. The number of rotatable bonds is 2. The van der Waals surface area contributed by atoms with Crippen LogP contribution < -0.4 is 0 Å². The Hall–Kier alpha value is -0.290. The second-order valence-corrected chi connectivity index (χ2v) is 5.34. The molecule has 0 atom stereocenters. The average Bonchev–Trinajstić information content (AvgIpc) is 1.95. The molecule has 0 fully saturated rings. The molecule has 0 spiro atoms. The van der Waals surface area contributed by atoms with Gasteiger partial charge in [-0.1, -0.05) is 23.9 Å². The van der Waals surface area contributed by atoms with Crippen LogP contribution in [0.1, 0.15) is 6.92 Å². The van der Waals surface area contributed by atoms with Crippen LogP contribution in [0.2, 0.25) is 0 Å². The van der Waals surface area contributed by atoms with Crippen molar-refractivity contribution in [2.24, 2.45) is 4.99 Å². The van der Waals surface area contributed by atoms with Crippen LogP contribution in [-0.4, -0.2) is 31.8 Å². The van der Waals surface area contributed by atoms with E-state index in [1.165, 1.54) is 18.8 Å². The molecular formula is C7H13NO2S2. The predicted octanol–water partition coefficient (Wildman–Crippen LogP) is 1.33. The van der Waals surface area contributed by atoms with Gasteiger partial charge in [0, 0.05) is 19.1 Å². The van der Waals surface area contributed by atoms with Gasteiger partial charge in [-0.2, -0.15) is 0 Å². The minimum Gasteiger partial charge on any atom is -0.271 e. The summed E-state index contributed by atoms with van der Waals surface area (Å²) in [6, 6.07) is 0. The summed E-state index contributed by atoms with van der Waals surface area (Å²) in [5.41, 5.74) is 0. The van der Waals surface area contributed by atoms with Crippen LogP contribution in [0.25, 0.3) is 0 Å². The van der Waals surface area contributed by atoms with Crippen molar-refractivity contribution in [1.29, 1.82) is 0 Å². The summed E-state index contributed by atoms with van der Waals surface area (Å²) in [7, 11) is -1.63. The SMILES string of the molecule is C/C=C\CSC(=NC)S(C)(=O)=O. The van der Waals surface area contributed by atoms with Crippen molar-refractivity contribution in [3.63, 3.8) is 0 Å². The molecule has 0 bridgehead atoms. The molecule has 0 aromatic rings.